The standard InChI is InChI=1S/C15H19N3/c1-11-15(13-6-4-3-5-7-13)12(2)18(17-11)14-8-9-16-10-14/h3-7,14,16H,8-10H2,1-2H3. The highest BCUT2D eigenvalue weighted by atomic mass is 15.3. The number of nitrogens with one attached hydrogen (secondary N) is 1. The minimum atomic E-state index is 0.515. The van der Waals surface area contributed by atoms with Gasteiger partial charge in [0.05, 0.1) is 11.7 Å². The molecule has 94 valence electrons. The van der Waals surface area contributed by atoms with Crippen LogP contribution in [0, 0.1) is 13.8 Å². The van der Waals surface area contributed by atoms with Crippen LogP contribution in [0.4, 0.5) is 0 Å². The summed E-state index contributed by atoms with van der Waals surface area (Å²) in [4.78, 5) is 0. The summed E-state index contributed by atoms with van der Waals surface area (Å²) >= 11 is 0. The second-order valence-corrected chi connectivity index (χ2v) is 5.00. The third kappa shape index (κ3) is 1.85. The summed E-state index contributed by atoms with van der Waals surface area (Å²) in [5, 5.41) is 8.15. The number of aromatic nitrogens is 2. The van der Waals surface area contributed by atoms with Gasteiger partial charge in [-0.05, 0) is 32.4 Å². The predicted molar refractivity (Wildman–Crippen MR) is 73.7 cm³/mol. The molecule has 2 heterocycles. The molecule has 0 aliphatic carbocycles. The quantitative estimate of drug-likeness (QED) is 0.876. The molecule has 1 aromatic carbocycles. The van der Waals surface area contributed by atoms with Crippen LogP contribution >= 0.6 is 0 Å². The van der Waals surface area contributed by atoms with Crippen LogP contribution in [0.1, 0.15) is 23.9 Å². The molecule has 2 aromatic rings. The molecular formula is C15H19N3. The van der Waals surface area contributed by atoms with Gasteiger partial charge in [-0.15, -0.1) is 0 Å². The number of aryl methyl sites for hydroxylation is 1. The molecule has 0 spiro atoms. The van der Waals surface area contributed by atoms with Crippen LogP contribution in [0.2, 0.25) is 0 Å². The Morgan fingerprint density at radius 2 is 2.00 bits per heavy atom. The number of rotatable bonds is 2. The summed E-state index contributed by atoms with van der Waals surface area (Å²) < 4.78 is 2.21. The first-order valence-corrected chi connectivity index (χ1v) is 6.59. The fraction of sp³-hybridized carbons (Fsp3) is 0.400. The second-order valence-electron chi connectivity index (χ2n) is 5.00. The van der Waals surface area contributed by atoms with Crippen LogP contribution in [-0.2, 0) is 0 Å². The Balaban J connectivity index is 2.06. The lowest BCUT2D eigenvalue weighted by Gasteiger charge is -2.12. The molecule has 3 rings (SSSR count). The molecule has 1 atom stereocenters. The Labute approximate surface area is 108 Å². The van der Waals surface area contributed by atoms with Gasteiger partial charge in [0, 0.05) is 17.8 Å². The van der Waals surface area contributed by atoms with E-state index in [0.29, 0.717) is 6.04 Å². The number of hydrogen-bond donors (Lipinski definition) is 1. The SMILES string of the molecule is Cc1nn(C2CCNC2)c(C)c1-c1ccccc1. The van der Waals surface area contributed by atoms with Gasteiger partial charge < -0.3 is 5.32 Å². The number of hydrogen-bond acceptors (Lipinski definition) is 2. The van der Waals surface area contributed by atoms with Gasteiger partial charge in [-0.3, -0.25) is 4.68 Å². The fourth-order valence-corrected chi connectivity index (χ4v) is 2.89. The highest BCUT2D eigenvalue weighted by Gasteiger charge is 2.22. The molecule has 0 amide bonds. The average molecular weight is 241 g/mol. The third-order valence-corrected chi connectivity index (χ3v) is 3.77. The third-order valence-electron chi connectivity index (χ3n) is 3.77. The van der Waals surface area contributed by atoms with Crippen LogP contribution in [0.3, 0.4) is 0 Å². The lowest BCUT2D eigenvalue weighted by molar-refractivity contribution is 0.477. The zero-order valence-electron chi connectivity index (χ0n) is 11.0. The monoisotopic (exact) mass is 241 g/mol. The Bertz CT molecular complexity index is 536. The predicted octanol–water partition coefficient (Wildman–Crippen LogP) is 2.70. The summed E-state index contributed by atoms with van der Waals surface area (Å²) in [6.07, 6.45) is 1.18. The van der Waals surface area contributed by atoms with Crippen molar-refractivity contribution < 1.29 is 0 Å². The molecule has 0 saturated carbocycles. The minimum Gasteiger partial charge on any atom is -0.315 e. The van der Waals surface area contributed by atoms with E-state index in [1.807, 2.05) is 0 Å². The summed E-state index contributed by atoms with van der Waals surface area (Å²) in [5.41, 5.74) is 4.98. The van der Waals surface area contributed by atoms with Crippen LogP contribution < -0.4 is 5.32 Å². The molecule has 3 heteroatoms. The van der Waals surface area contributed by atoms with Gasteiger partial charge in [-0.2, -0.15) is 5.10 Å². The van der Waals surface area contributed by atoms with Crippen molar-refractivity contribution in [3.8, 4) is 11.1 Å². The van der Waals surface area contributed by atoms with E-state index in [-0.39, 0.29) is 0 Å². The topological polar surface area (TPSA) is 29.9 Å². The number of benzene rings is 1. The maximum absolute atomic E-state index is 4.75. The highest BCUT2D eigenvalue weighted by Crippen LogP contribution is 2.29. The van der Waals surface area contributed by atoms with Crippen LogP contribution in [0.15, 0.2) is 30.3 Å². The van der Waals surface area contributed by atoms with Gasteiger partial charge in [-0.1, -0.05) is 30.3 Å². The van der Waals surface area contributed by atoms with Crippen molar-refractivity contribution in [3.63, 3.8) is 0 Å². The lowest BCUT2D eigenvalue weighted by atomic mass is 10.0. The van der Waals surface area contributed by atoms with Crippen LogP contribution in [0.25, 0.3) is 11.1 Å². The van der Waals surface area contributed by atoms with Gasteiger partial charge in [0.15, 0.2) is 0 Å². The maximum atomic E-state index is 4.75. The first-order chi connectivity index (χ1) is 8.77. The molecule has 1 aromatic heterocycles. The van der Waals surface area contributed by atoms with Crippen molar-refractivity contribution in [3.05, 3.63) is 41.7 Å². The molecule has 18 heavy (non-hydrogen) atoms. The Morgan fingerprint density at radius 3 is 2.67 bits per heavy atom. The summed E-state index contributed by atoms with van der Waals surface area (Å²) in [7, 11) is 0. The van der Waals surface area contributed by atoms with Gasteiger partial charge in [0.25, 0.3) is 0 Å². The first-order valence-electron chi connectivity index (χ1n) is 6.59. The Morgan fingerprint density at radius 1 is 1.22 bits per heavy atom. The molecule has 1 saturated heterocycles. The molecular weight excluding hydrogens is 222 g/mol. The smallest absolute Gasteiger partial charge is 0.0675 e. The minimum absolute atomic E-state index is 0.515. The molecule has 1 aliphatic rings. The molecule has 0 bridgehead atoms. The zero-order valence-corrected chi connectivity index (χ0v) is 11.0. The molecule has 0 radical (unpaired) electrons. The van der Waals surface area contributed by atoms with Crippen molar-refractivity contribution in [2.45, 2.75) is 26.3 Å². The normalized spacial score (nSPS) is 19.3. The van der Waals surface area contributed by atoms with Crippen molar-refractivity contribution in [1.29, 1.82) is 0 Å². The van der Waals surface area contributed by atoms with Crippen LogP contribution in [-0.4, -0.2) is 22.9 Å². The molecule has 1 N–H and O–H groups in total. The van der Waals surface area contributed by atoms with E-state index in [1.54, 1.807) is 0 Å². The fourth-order valence-electron chi connectivity index (χ4n) is 2.89. The lowest BCUT2D eigenvalue weighted by Crippen LogP contribution is -2.15. The second kappa shape index (κ2) is 4.58. The highest BCUT2D eigenvalue weighted by molar-refractivity contribution is 5.68. The van der Waals surface area contributed by atoms with E-state index < -0.39 is 0 Å². The van der Waals surface area contributed by atoms with Crippen molar-refractivity contribution in [2.75, 3.05) is 13.1 Å². The van der Waals surface area contributed by atoms with Gasteiger partial charge in [0.1, 0.15) is 0 Å². The van der Waals surface area contributed by atoms with E-state index in [0.717, 1.165) is 18.8 Å². The largest absolute Gasteiger partial charge is 0.315 e. The summed E-state index contributed by atoms with van der Waals surface area (Å²) in [5.74, 6) is 0. The van der Waals surface area contributed by atoms with Gasteiger partial charge >= 0.3 is 0 Å². The average Bonchev–Trinajstić information content (AvgIpc) is 2.99. The van der Waals surface area contributed by atoms with Crippen molar-refractivity contribution >= 4 is 0 Å². The maximum Gasteiger partial charge on any atom is 0.0675 e. The number of nitrogens with zero attached hydrogens (tertiary/aromatic N) is 2. The van der Waals surface area contributed by atoms with Crippen LogP contribution in [0.5, 0.6) is 0 Å². The van der Waals surface area contributed by atoms with E-state index >= 15 is 0 Å². The van der Waals surface area contributed by atoms with Crippen molar-refractivity contribution in [1.82, 2.24) is 15.1 Å². The summed E-state index contributed by atoms with van der Waals surface area (Å²) in [6, 6.07) is 11.1. The van der Waals surface area contributed by atoms with E-state index in [1.165, 1.54) is 23.2 Å². The Kier molecular flexibility index (Phi) is 2.92. The Hall–Kier alpha value is -1.61. The molecule has 1 unspecified atom stereocenters. The van der Waals surface area contributed by atoms with E-state index in [9.17, 15) is 0 Å². The zero-order chi connectivity index (χ0) is 12.5. The summed E-state index contributed by atoms with van der Waals surface area (Å²) in [6.45, 7) is 6.43. The van der Waals surface area contributed by atoms with Gasteiger partial charge in [0.2, 0.25) is 0 Å². The van der Waals surface area contributed by atoms with E-state index in [2.05, 4.69) is 54.2 Å². The molecule has 3 nitrogen and oxygen atoms in total. The molecule has 1 aliphatic heterocycles. The molecule has 1 fully saturated rings. The van der Waals surface area contributed by atoms with E-state index in [4.69, 9.17) is 5.10 Å². The first kappa shape index (κ1) is 11.5. The van der Waals surface area contributed by atoms with Gasteiger partial charge in [-0.25, -0.2) is 0 Å². The van der Waals surface area contributed by atoms with Crippen molar-refractivity contribution in [2.24, 2.45) is 0 Å².